The summed E-state index contributed by atoms with van der Waals surface area (Å²) in [5.74, 6) is 10.8. The minimum atomic E-state index is -0.385. The number of nitrogens with zero attached hydrogens (tertiary/aromatic N) is 2. The summed E-state index contributed by atoms with van der Waals surface area (Å²) in [6, 6.07) is 12.9. The zero-order valence-corrected chi connectivity index (χ0v) is 20.5. The molecule has 0 bridgehead atoms. The van der Waals surface area contributed by atoms with E-state index in [1.807, 2.05) is 30.3 Å². The Hall–Kier alpha value is -1.97. The molecule has 0 amide bonds. The molecule has 168 valence electrons. The highest BCUT2D eigenvalue weighted by molar-refractivity contribution is 8.13. The second-order valence-electron chi connectivity index (χ2n) is 7.02. The summed E-state index contributed by atoms with van der Waals surface area (Å²) in [6.45, 7) is 0. The van der Waals surface area contributed by atoms with Crippen LogP contribution in [0.2, 0.25) is 10.0 Å². The molecule has 1 aliphatic carbocycles. The maximum Gasteiger partial charge on any atom is 0.198 e. The molecule has 4 N–H and O–H groups in total. The van der Waals surface area contributed by atoms with E-state index >= 15 is 0 Å². The van der Waals surface area contributed by atoms with E-state index in [1.54, 1.807) is 19.2 Å². The van der Waals surface area contributed by atoms with Crippen LogP contribution in [0.1, 0.15) is 35.2 Å². The fourth-order valence-electron chi connectivity index (χ4n) is 3.21. The molecule has 2 aromatic carbocycles. The van der Waals surface area contributed by atoms with Crippen LogP contribution < -0.4 is 11.7 Å². The Kier molecular flexibility index (Phi) is 8.67. The molecule has 10 heteroatoms. The van der Waals surface area contributed by atoms with Crippen molar-refractivity contribution in [1.82, 2.24) is 5.01 Å². The van der Waals surface area contributed by atoms with Gasteiger partial charge in [-0.3, -0.25) is 14.6 Å². The number of carbonyl (C=O) groups excluding carboxylic acids is 2. The largest absolute Gasteiger partial charge is 0.321 e. The molecule has 0 aromatic heterocycles. The number of Topliss-reactive ketones (excluding diaryl/α,β-unsaturated/α-hetero) is 2. The Balaban J connectivity index is 1.97. The van der Waals surface area contributed by atoms with Gasteiger partial charge in [-0.25, -0.2) is 5.84 Å². The summed E-state index contributed by atoms with van der Waals surface area (Å²) in [7, 11) is 1.61. The van der Waals surface area contributed by atoms with Gasteiger partial charge in [0.1, 0.15) is 0 Å². The van der Waals surface area contributed by atoms with Gasteiger partial charge in [0.25, 0.3) is 0 Å². The standard InChI is InChI=1S/C22H22Cl2N4O2S2/c1-28(26)22(27-25)31-12-15-16(23)11-10-14(20(15)24)21(30)19-17(29)8-5-9-18(19)32-13-6-3-2-4-7-13/h2-4,6-7,10-11H,5,8-9,12,25-26H2,1H3/b27-22+. The lowest BCUT2D eigenvalue weighted by molar-refractivity contribution is -0.115. The molecule has 2 aromatic rings. The van der Waals surface area contributed by atoms with Crippen LogP contribution in [0.25, 0.3) is 0 Å². The van der Waals surface area contributed by atoms with Crippen molar-refractivity contribution >= 4 is 63.5 Å². The van der Waals surface area contributed by atoms with Crippen LogP contribution in [0.3, 0.4) is 0 Å². The lowest BCUT2D eigenvalue weighted by Gasteiger charge is -2.19. The summed E-state index contributed by atoms with van der Waals surface area (Å²) in [6.07, 6.45) is 1.72. The Morgan fingerprint density at radius 2 is 1.88 bits per heavy atom. The molecule has 1 aliphatic rings. The molecular weight excluding hydrogens is 487 g/mol. The second kappa shape index (κ2) is 11.2. The van der Waals surface area contributed by atoms with Crippen molar-refractivity contribution in [1.29, 1.82) is 0 Å². The number of hydrazine groups is 1. The van der Waals surface area contributed by atoms with E-state index in [0.29, 0.717) is 34.3 Å². The van der Waals surface area contributed by atoms with Gasteiger partial charge < -0.3 is 5.84 Å². The number of nitrogens with two attached hydrogens (primary N) is 2. The summed E-state index contributed by atoms with van der Waals surface area (Å²) in [4.78, 5) is 28.0. The SMILES string of the molecule is CN(N)/C(=N\N)SCc1c(Cl)ccc(C(=O)C2=C(Sc3ccccc3)CCCC2=O)c1Cl. The van der Waals surface area contributed by atoms with Gasteiger partial charge in [-0.1, -0.05) is 64.9 Å². The average Bonchev–Trinajstić information content (AvgIpc) is 2.76. The van der Waals surface area contributed by atoms with Crippen LogP contribution in [0.4, 0.5) is 0 Å². The van der Waals surface area contributed by atoms with E-state index in [9.17, 15) is 9.59 Å². The van der Waals surface area contributed by atoms with E-state index in [4.69, 9.17) is 34.9 Å². The quantitative estimate of drug-likeness (QED) is 0.137. The normalized spacial score (nSPS) is 14.6. The highest BCUT2D eigenvalue weighted by Crippen LogP contribution is 2.39. The van der Waals surface area contributed by atoms with E-state index < -0.39 is 0 Å². The van der Waals surface area contributed by atoms with Crippen LogP contribution >= 0.6 is 46.7 Å². The minimum absolute atomic E-state index is 0.163. The third-order valence-electron chi connectivity index (χ3n) is 4.77. The van der Waals surface area contributed by atoms with Crippen molar-refractivity contribution in [3.63, 3.8) is 0 Å². The van der Waals surface area contributed by atoms with E-state index in [-0.39, 0.29) is 27.7 Å². The predicted molar refractivity (Wildman–Crippen MR) is 134 cm³/mol. The summed E-state index contributed by atoms with van der Waals surface area (Å²) < 4.78 is 0. The first kappa shape index (κ1) is 24.7. The number of halogens is 2. The molecule has 32 heavy (non-hydrogen) atoms. The fourth-order valence-corrected chi connectivity index (χ4v) is 5.94. The number of hydrogen-bond acceptors (Lipinski definition) is 7. The first-order chi connectivity index (χ1) is 15.3. The molecule has 0 saturated heterocycles. The molecule has 0 saturated carbocycles. The summed E-state index contributed by atoms with van der Waals surface area (Å²) in [5, 5.41) is 5.89. The van der Waals surface area contributed by atoms with E-state index in [2.05, 4.69) is 5.10 Å². The zero-order valence-electron chi connectivity index (χ0n) is 17.3. The van der Waals surface area contributed by atoms with Gasteiger partial charge in [-0.05, 0) is 37.1 Å². The van der Waals surface area contributed by atoms with Crippen LogP contribution in [-0.2, 0) is 10.5 Å². The van der Waals surface area contributed by atoms with Gasteiger partial charge >= 0.3 is 0 Å². The molecule has 0 unspecified atom stereocenters. The number of hydrazone groups is 1. The van der Waals surface area contributed by atoms with Crippen LogP contribution in [0.5, 0.6) is 0 Å². The number of hydrogen-bond donors (Lipinski definition) is 2. The number of rotatable bonds is 6. The number of ketones is 2. The van der Waals surface area contributed by atoms with Crippen LogP contribution in [0.15, 0.2) is 62.9 Å². The Bertz CT molecular complexity index is 1090. The topological polar surface area (TPSA) is 102 Å². The van der Waals surface area contributed by atoms with Crippen molar-refractivity contribution in [3.8, 4) is 0 Å². The smallest absolute Gasteiger partial charge is 0.198 e. The zero-order chi connectivity index (χ0) is 23.3. The number of thioether (sulfide) groups is 2. The lowest BCUT2D eigenvalue weighted by Crippen LogP contribution is -2.32. The molecule has 6 nitrogen and oxygen atoms in total. The molecule has 0 atom stereocenters. The van der Waals surface area contributed by atoms with Crippen molar-refractivity contribution in [2.45, 2.75) is 29.9 Å². The first-order valence-corrected chi connectivity index (χ1v) is 12.3. The molecular formula is C22H22Cl2N4O2S2. The minimum Gasteiger partial charge on any atom is -0.321 e. The number of amidine groups is 1. The maximum absolute atomic E-state index is 13.5. The molecule has 0 fully saturated rings. The average molecular weight is 509 g/mol. The molecule has 0 spiro atoms. The van der Waals surface area contributed by atoms with E-state index in [0.717, 1.165) is 16.2 Å². The number of carbonyl (C=O) groups is 2. The maximum atomic E-state index is 13.5. The molecule has 0 heterocycles. The number of benzene rings is 2. The van der Waals surface area contributed by atoms with Crippen LogP contribution in [0, 0.1) is 0 Å². The fraction of sp³-hybridized carbons (Fsp3) is 0.227. The van der Waals surface area contributed by atoms with E-state index in [1.165, 1.54) is 28.5 Å². The third kappa shape index (κ3) is 5.68. The Labute approximate surface area is 205 Å². The highest BCUT2D eigenvalue weighted by atomic mass is 35.5. The van der Waals surface area contributed by atoms with Crippen molar-refractivity contribution in [2.24, 2.45) is 16.8 Å². The molecule has 0 radical (unpaired) electrons. The Morgan fingerprint density at radius 3 is 2.53 bits per heavy atom. The summed E-state index contributed by atoms with van der Waals surface area (Å²) in [5.41, 5.74) is 1.00. The number of allylic oxidation sites excluding steroid dienone is 2. The molecule has 3 rings (SSSR count). The van der Waals surface area contributed by atoms with Crippen molar-refractivity contribution in [2.75, 3.05) is 7.05 Å². The predicted octanol–water partition coefficient (Wildman–Crippen LogP) is 5.24. The van der Waals surface area contributed by atoms with Crippen molar-refractivity contribution in [3.05, 3.63) is 74.1 Å². The monoisotopic (exact) mass is 508 g/mol. The Morgan fingerprint density at radius 1 is 1.16 bits per heavy atom. The van der Waals surface area contributed by atoms with Gasteiger partial charge in [0.05, 0.1) is 10.6 Å². The first-order valence-electron chi connectivity index (χ1n) is 9.73. The summed E-state index contributed by atoms with van der Waals surface area (Å²) >= 11 is 15.7. The van der Waals surface area contributed by atoms with Gasteiger partial charge in [0, 0.05) is 45.2 Å². The van der Waals surface area contributed by atoms with Gasteiger partial charge in [0.15, 0.2) is 16.7 Å². The van der Waals surface area contributed by atoms with Crippen LogP contribution in [-0.4, -0.2) is 28.8 Å². The lowest BCUT2D eigenvalue weighted by atomic mass is 9.91. The third-order valence-corrected chi connectivity index (χ3v) is 7.80. The van der Waals surface area contributed by atoms with Crippen molar-refractivity contribution < 1.29 is 9.59 Å². The van der Waals surface area contributed by atoms with Gasteiger partial charge in [-0.15, -0.1) is 0 Å². The molecule has 0 aliphatic heterocycles. The van der Waals surface area contributed by atoms with Gasteiger partial charge in [0.2, 0.25) is 0 Å². The highest BCUT2D eigenvalue weighted by Gasteiger charge is 2.30. The second-order valence-corrected chi connectivity index (χ2v) is 9.91. The van der Waals surface area contributed by atoms with Gasteiger partial charge in [-0.2, -0.15) is 5.10 Å².